The van der Waals surface area contributed by atoms with Gasteiger partial charge in [-0.15, -0.1) is 0 Å². The van der Waals surface area contributed by atoms with Crippen LogP contribution in [0.3, 0.4) is 0 Å². The summed E-state index contributed by atoms with van der Waals surface area (Å²) in [5.41, 5.74) is 2.14. The molecule has 0 bridgehead atoms. The van der Waals surface area contributed by atoms with Crippen LogP contribution in [0.1, 0.15) is 51.4 Å². The molecule has 4 heteroatoms. The summed E-state index contributed by atoms with van der Waals surface area (Å²) in [5, 5.41) is 3.34. The molecule has 1 heterocycles. The molecule has 0 spiro atoms. The normalized spacial score (nSPS) is 11.3. The summed E-state index contributed by atoms with van der Waals surface area (Å²) in [5.74, 6) is 1.21. The van der Waals surface area contributed by atoms with Gasteiger partial charge in [0, 0.05) is 17.9 Å². The van der Waals surface area contributed by atoms with Crippen LogP contribution in [-0.2, 0) is 0 Å². The molecule has 4 nitrogen and oxygen atoms in total. The number of nitrogens with one attached hydrogen (secondary N) is 1. The highest BCUT2D eigenvalue weighted by molar-refractivity contribution is 5.28. The van der Waals surface area contributed by atoms with Gasteiger partial charge in [0.05, 0.1) is 0 Å². The van der Waals surface area contributed by atoms with E-state index in [2.05, 4.69) is 53.9 Å². The number of hydrogen-bond acceptors (Lipinski definition) is 4. The molecule has 1 aromatic rings. The molecule has 0 fully saturated rings. The van der Waals surface area contributed by atoms with Crippen LogP contribution in [-0.4, -0.2) is 41.0 Å². The second-order valence-corrected chi connectivity index (χ2v) is 5.22. The third-order valence-electron chi connectivity index (χ3n) is 3.29. The standard InChI is InChI=1S/C15H28N4/c1-6-19(7-2)10-8-9-16-15-17-13(5)11-14(18-15)12(3)4/h11-12H,6-10H2,1-5H3,(H,16,17,18). The lowest BCUT2D eigenvalue weighted by molar-refractivity contribution is 0.303. The van der Waals surface area contributed by atoms with Gasteiger partial charge in [0.15, 0.2) is 0 Å². The molecular weight excluding hydrogens is 236 g/mol. The summed E-state index contributed by atoms with van der Waals surface area (Å²) in [6.45, 7) is 15.0. The zero-order valence-corrected chi connectivity index (χ0v) is 13.0. The highest BCUT2D eigenvalue weighted by atomic mass is 15.1. The molecule has 0 unspecified atom stereocenters. The van der Waals surface area contributed by atoms with E-state index in [-0.39, 0.29) is 0 Å². The summed E-state index contributed by atoms with van der Waals surface area (Å²) >= 11 is 0. The maximum atomic E-state index is 4.55. The van der Waals surface area contributed by atoms with Gasteiger partial charge in [-0.05, 0) is 45.0 Å². The Balaban J connectivity index is 2.45. The molecule has 0 saturated heterocycles. The van der Waals surface area contributed by atoms with Gasteiger partial charge in [0.1, 0.15) is 0 Å². The number of rotatable bonds is 8. The summed E-state index contributed by atoms with van der Waals surface area (Å²) in [6.07, 6.45) is 1.12. The molecule has 1 N–H and O–H groups in total. The molecule has 0 radical (unpaired) electrons. The predicted molar refractivity (Wildman–Crippen MR) is 81.8 cm³/mol. The number of nitrogens with zero attached hydrogens (tertiary/aromatic N) is 3. The Bertz CT molecular complexity index is 372. The highest BCUT2D eigenvalue weighted by Crippen LogP contribution is 2.14. The van der Waals surface area contributed by atoms with Crippen molar-refractivity contribution < 1.29 is 0 Å². The molecule has 0 aliphatic carbocycles. The molecule has 1 aromatic heterocycles. The Morgan fingerprint density at radius 3 is 2.47 bits per heavy atom. The maximum Gasteiger partial charge on any atom is 0.223 e. The first-order valence-electron chi connectivity index (χ1n) is 7.38. The third kappa shape index (κ3) is 5.55. The highest BCUT2D eigenvalue weighted by Gasteiger charge is 2.05. The average molecular weight is 264 g/mol. The van der Waals surface area contributed by atoms with Crippen LogP contribution in [0.25, 0.3) is 0 Å². The Labute approximate surface area is 117 Å². The molecule has 0 atom stereocenters. The lowest BCUT2D eigenvalue weighted by Crippen LogP contribution is -2.25. The molecule has 0 aliphatic rings. The summed E-state index contributed by atoms with van der Waals surface area (Å²) in [4.78, 5) is 11.4. The molecule has 19 heavy (non-hydrogen) atoms. The van der Waals surface area contributed by atoms with Crippen molar-refractivity contribution in [1.82, 2.24) is 14.9 Å². The van der Waals surface area contributed by atoms with Crippen LogP contribution in [0.2, 0.25) is 0 Å². The van der Waals surface area contributed by atoms with Crippen molar-refractivity contribution in [2.75, 3.05) is 31.5 Å². The largest absolute Gasteiger partial charge is 0.354 e. The monoisotopic (exact) mass is 264 g/mol. The molecular formula is C15H28N4. The Morgan fingerprint density at radius 2 is 1.89 bits per heavy atom. The first kappa shape index (κ1) is 15.9. The molecule has 0 aliphatic heterocycles. The zero-order chi connectivity index (χ0) is 14.3. The fourth-order valence-corrected chi connectivity index (χ4v) is 2.01. The van der Waals surface area contributed by atoms with Gasteiger partial charge in [-0.1, -0.05) is 27.7 Å². The summed E-state index contributed by atoms with van der Waals surface area (Å²) < 4.78 is 0. The van der Waals surface area contributed by atoms with E-state index in [0.717, 1.165) is 49.9 Å². The second kappa shape index (κ2) is 8.10. The van der Waals surface area contributed by atoms with Gasteiger partial charge in [-0.2, -0.15) is 0 Å². The molecule has 0 amide bonds. The SMILES string of the molecule is CCN(CC)CCCNc1nc(C)cc(C(C)C)n1. The van der Waals surface area contributed by atoms with Crippen molar-refractivity contribution in [2.45, 2.75) is 47.0 Å². The smallest absolute Gasteiger partial charge is 0.223 e. The van der Waals surface area contributed by atoms with Crippen LogP contribution < -0.4 is 5.32 Å². The lowest BCUT2D eigenvalue weighted by atomic mass is 10.1. The van der Waals surface area contributed by atoms with E-state index in [1.54, 1.807) is 0 Å². The molecule has 0 aromatic carbocycles. The van der Waals surface area contributed by atoms with Crippen molar-refractivity contribution in [1.29, 1.82) is 0 Å². The minimum atomic E-state index is 0.443. The van der Waals surface area contributed by atoms with E-state index < -0.39 is 0 Å². The van der Waals surface area contributed by atoms with Crippen molar-refractivity contribution in [2.24, 2.45) is 0 Å². The van der Waals surface area contributed by atoms with Crippen molar-refractivity contribution in [3.05, 3.63) is 17.5 Å². The average Bonchev–Trinajstić information content (AvgIpc) is 2.38. The first-order valence-corrected chi connectivity index (χ1v) is 7.38. The van der Waals surface area contributed by atoms with Gasteiger partial charge in [0.25, 0.3) is 0 Å². The summed E-state index contributed by atoms with van der Waals surface area (Å²) in [7, 11) is 0. The zero-order valence-electron chi connectivity index (χ0n) is 13.0. The van der Waals surface area contributed by atoms with Gasteiger partial charge in [-0.3, -0.25) is 0 Å². The Hall–Kier alpha value is -1.16. The number of hydrogen-bond donors (Lipinski definition) is 1. The van der Waals surface area contributed by atoms with E-state index in [1.807, 2.05) is 6.92 Å². The molecule has 1 rings (SSSR count). The van der Waals surface area contributed by atoms with Crippen molar-refractivity contribution >= 4 is 5.95 Å². The number of aromatic nitrogens is 2. The first-order chi connectivity index (χ1) is 9.06. The molecule has 108 valence electrons. The van der Waals surface area contributed by atoms with E-state index >= 15 is 0 Å². The van der Waals surface area contributed by atoms with E-state index in [9.17, 15) is 0 Å². The van der Waals surface area contributed by atoms with Gasteiger partial charge in [-0.25, -0.2) is 9.97 Å². The number of aryl methyl sites for hydroxylation is 1. The van der Waals surface area contributed by atoms with Crippen LogP contribution >= 0.6 is 0 Å². The van der Waals surface area contributed by atoms with E-state index in [4.69, 9.17) is 0 Å². The maximum absolute atomic E-state index is 4.55. The van der Waals surface area contributed by atoms with Crippen LogP contribution in [0, 0.1) is 6.92 Å². The predicted octanol–water partition coefficient (Wildman–Crippen LogP) is 3.05. The lowest BCUT2D eigenvalue weighted by Gasteiger charge is -2.17. The fourth-order valence-electron chi connectivity index (χ4n) is 2.01. The van der Waals surface area contributed by atoms with Gasteiger partial charge < -0.3 is 10.2 Å². The quantitative estimate of drug-likeness (QED) is 0.733. The van der Waals surface area contributed by atoms with Crippen LogP contribution in [0.4, 0.5) is 5.95 Å². The second-order valence-electron chi connectivity index (χ2n) is 5.22. The third-order valence-corrected chi connectivity index (χ3v) is 3.29. The topological polar surface area (TPSA) is 41.0 Å². The van der Waals surface area contributed by atoms with Gasteiger partial charge in [0.2, 0.25) is 5.95 Å². The van der Waals surface area contributed by atoms with E-state index in [1.165, 1.54) is 0 Å². The molecule has 0 saturated carbocycles. The Morgan fingerprint density at radius 1 is 1.21 bits per heavy atom. The summed E-state index contributed by atoms with van der Waals surface area (Å²) in [6, 6.07) is 2.06. The minimum absolute atomic E-state index is 0.443. The van der Waals surface area contributed by atoms with Crippen LogP contribution in [0.5, 0.6) is 0 Å². The van der Waals surface area contributed by atoms with Crippen LogP contribution in [0.15, 0.2) is 6.07 Å². The number of anilines is 1. The minimum Gasteiger partial charge on any atom is -0.354 e. The van der Waals surface area contributed by atoms with E-state index in [0.29, 0.717) is 5.92 Å². The van der Waals surface area contributed by atoms with Crippen molar-refractivity contribution in [3.63, 3.8) is 0 Å². The Kier molecular flexibility index (Phi) is 6.78. The van der Waals surface area contributed by atoms with Crippen molar-refractivity contribution in [3.8, 4) is 0 Å². The van der Waals surface area contributed by atoms with Gasteiger partial charge >= 0.3 is 0 Å². The fraction of sp³-hybridized carbons (Fsp3) is 0.733.